The Morgan fingerprint density at radius 2 is 1.74 bits per heavy atom. The summed E-state index contributed by atoms with van der Waals surface area (Å²) in [7, 11) is 0. The van der Waals surface area contributed by atoms with E-state index < -0.39 is 0 Å². The molecule has 1 heterocycles. The van der Waals surface area contributed by atoms with E-state index in [1.54, 1.807) is 12.1 Å². The number of carbonyl (C=O) groups is 2. The third-order valence-electron chi connectivity index (χ3n) is 5.31. The first-order valence-corrected chi connectivity index (χ1v) is 10.7. The van der Waals surface area contributed by atoms with Crippen LogP contribution >= 0.6 is 0 Å². The fourth-order valence-electron chi connectivity index (χ4n) is 3.51. The number of amides is 1. The number of benzene rings is 2. The van der Waals surface area contributed by atoms with Crippen LogP contribution in [0.2, 0.25) is 0 Å². The molecule has 1 aliphatic rings. The molecule has 0 aliphatic carbocycles. The maximum atomic E-state index is 12.4. The summed E-state index contributed by atoms with van der Waals surface area (Å²) in [5.74, 6) is 0.240. The second kappa shape index (κ2) is 9.96. The maximum Gasteiger partial charge on any atom is 0.258 e. The standard InChI is InChI=1S/C25H32N2O4/c1-18-5-10-23(21(15-18)25(2,3)4)31-17-24(29)26-16-22(28)19-6-8-20(9-7-19)27-11-13-30-14-12-27/h5-10,15H,11-14,16-17H2,1-4H3,(H,26,29). The van der Waals surface area contributed by atoms with Gasteiger partial charge in [0.1, 0.15) is 5.75 Å². The summed E-state index contributed by atoms with van der Waals surface area (Å²) < 4.78 is 11.1. The van der Waals surface area contributed by atoms with Crippen molar-refractivity contribution >= 4 is 17.4 Å². The fourth-order valence-corrected chi connectivity index (χ4v) is 3.51. The highest BCUT2D eigenvalue weighted by Gasteiger charge is 2.20. The van der Waals surface area contributed by atoms with Crippen LogP contribution in [0.25, 0.3) is 0 Å². The van der Waals surface area contributed by atoms with Gasteiger partial charge in [0.2, 0.25) is 0 Å². The van der Waals surface area contributed by atoms with E-state index in [4.69, 9.17) is 9.47 Å². The number of rotatable bonds is 7. The summed E-state index contributed by atoms with van der Waals surface area (Å²) in [6, 6.07) is 13.4. The van der Waals surface area contributed by atoms with Gasteiger partial charge in [0.25, 0.3) is 5.91 Å². The molecule has 0 unspecified atom stereocenters. The van der Waals surface area contributed by atoms with Crippen LogP contribution in [0.3, 0.4) is 0 Å². The van der Waals surface area contributed by atoms with Crippen LogP contribution < -0.4 is 15.0 Å². The van der Waals surface area contributed by atoms with Gasteiger partial charge in [-0.3, -0.25) is 9.59 Å². The van der Waals surface area contributed by atoms with Crippen molar-refractivity contribution in [1.29, 1.82) is 0 Å². The number of morpholine rings is 1. The summed E-state index contributed by atoms with van der Waals surface area (Å²) in [6.07, 6.45) is 0. The van der Waals surface area contributed by atoms with Gasteiger partial charge < -0.3 is 19.7 Å². The molecule has 6 heteroatoms. The number of Topliss-reactive ketones (excluding diaryl/α,β-unsaturated/α-hetero) is 1. The van der Waals surface area contributed by atoms with E-state index in [0.29, 0.717) is 24.5 Å². The number of nitrogens with one attached hydrogen (secondary N) is 1. The van der Waals surface area contributed by atoms with Crippen molar-refractivity contribution < 1.29 is 19.1 Å². The molecule has 0 bridgehead atoms. The van der Waals surface area contributed by atoms with E-state index in [-0.39, 0.29) is 30.3 Å². The van der Waals surface area contributed by atoms with Crippen molar-refractivity contribution in [1.82, 2.24) is 5.32 Å². The molecular weight excluding hydrogens is 392 g/mol. The van der Waals surface area contributed by atoms with Gasteiger partial charge in [0, 0.05) is 24.3 Å². The van der Waals surface area contributed by atoms with Crippen LogP contribution in [0.15, 0.2) is 42.5 Å². The van der Waals surface area contributed by atoms with Gasteiger partial charge in [-0.15, -0.1) is 0 Å². The first-order chi connectivity index (χ1) is 14.7. The van der Waals surface area contributed by atoms with Gasteiger partial charge in [-0.2, -0.15) is 0 Å². The third kappa shape index (κ3) is 6.31. The molecule has 1 fully saturated rings. The predicted molar refractivity (Wildman–Crippen MR) is 122 cm³/mol. The van der Waals surface area contributed by atoms with E-state index in [1.807, 2.05) is 31.2 Å². The Morgan fingerprint density at radius 3 is 2.39 bits per heavy atom. The number of anilines is 1. The number of carbonyl (C=O) groups excluding carboxylic acids is 2. The Morgan fingerprint density at radius 1 is 1.06 bits per heavy atom. The molecule has 31 heavy (non-hydrogen) atoms. The SMILES string of the molecule is Cc1ccc(OCC(=O)NCC(=O)c2ccc(N3CCOCC3)cc2)c(C(C)(C)C)c1. The summed E-state index contributed by atoms with van der Waals surface area (Å²) in [6.45, 7) is 11.3. The topological polar surface area (TPSA) is 67.9 Å². The van der Waals surface area contributed by atoms with Crippen molar-refractivity contribution in [2.75, 3.05) is 44.4 Å². The average molecular weight is 425 g/mol. The fraction of sp³-hybridized carbons (Fsp3) is 0.440. The van der Waals surface area contributed by atoms with Crippen LogP contribution in [-0.4, -0.2) is 51.1 Å². The molecule has 2 aromatic carbocycles. The molecule has 0 saturated carbocycles. The van der Waals surface area contributed by atoms with E-state index in [1.165, 1.54) is 0 Å². The molecule has 0 radical (unpaired) electrons. The van der Waals surface area contributed by atoms with Gasteiger partial charge in [0.05, 0.1) is 19.8 Å². The van der Waals surface area contributed by atoms with Gasteiger partial charge >= 0.3 is 0 Å². The normalized spacial score (nSPS) is 14.3. The van der Waals surface area contributed by atoms with Gasteiger partial charge in [-0.05, 0) is 48.2 Å². The van der Waals surface area contributed by atoms with Crippen molar-refractivity contribution in [2.45, 2.75) is 33.1 Å². The molecule has 0 spiro atoms. The zero-order valence-electron chi connectivity index (χ0n) is 18.9. The van der Waals surface area contributed by atoms with Crippen LogP contribution in [0.4, 0.5) is 5.69 Å². The summed E-state index contributed by atoms with van der Waals surface area (Å²) in [4.78, 5) is 26.9. The van der Waals surface area contributed by atoms with Crippen LogP contribution in [0.1, 0.15) is 42.3 Å². The number of hydrogen-bond donors (Lipinski definition) is 1. The zero-order chi connectivity index (χ0) is 22.4. The number of ketones is 1. The number of aryl methyl sites for hydroxylation is 1. The number of hydrogen-bond acceptors (Lipinski definition) is 5. The highest BCUT2D eigenvalue weighted by Crippen LogP contribution is 2.32. The Kier molecular flexibility index (Phi) is 7.33. The minimum atomic E-state index is -0.321. The second-order valence-corrected chi connectivity index (χ2v) is 8.88. The lowest BCUT2D eigenvalue weighted by molar-refractivity contribution is -0.122. The highest BCUT2D eigenvalue weighted by atomic mass is 16.5. The van der Waals surface area contributed by atoms with E-state index in [9.17, 15) is 9.59 Å². The molecule has 3 rings (SSSR count). The largest absolute Gasteiger partial charge is 0.483 e. The summed E-state index contributed by atoms with van der Waals surface area (Å²) in [5.41, 5.74) is 3.75. The monoisotopic (exact) mass is 424 g/mol. The maximum absolute atomic E-state index is 12.4. The molecule has 6 nitrogen and oxygen atoms in total. The second-order valence-electron chi connectivity index (χ2n) is 8.88. The molecule has 1 aliphatic heterocycles. The van der Waals surface area contributed by atoms with Gasteiger partial charge in [-0.1, -0.05) is 38.5 Å². The molecular formula is C25H32N2O4. The summed E-state index contributed by atoms with van der Waals surface area (Å²) in [5, 5.41) is 2.66. The molecule has 1 N–H and O–H groups in total. The predicted octanol–water partition coefficient (Wildman–Crippen LogP) is 3.51. The van der Waals surface area contributed by atoms with E-state index in [0.717, 1.165) is 29.9 Å². The Balaban J connectivity index is 1.50. The molecule has 1 amide bonds. The summed E-state index contributed by atoms with van der Waals surface area (Å²) >= 11 is 0. The van der Waals surface area contributed by atoms with Crippen LogP contribution in [0.5, 0.6) is 5.75 Å². The van der Waals surface area contributed by atoms with Crippen molar-refractivity contribution in [2.24, 2.45) is 0 Å². The van der Waals surface area contributed by atoms with Gasteiger partial charge in [0.15, 0.2) is 12.4 Å². The lowest BCUT2D eigenvalue weighted by Gasteiger charge is -2.28. The number of nitrogens with zero attached hydrogens (tertiary/aromatic N) is 1. The first-order valence-electron chi connectivity index (χ1n) is 10.7. The number of ether oxygens (including phenoxy) is 2. The minimum Gasteiger partial charge on any atom is -0.483 e. The van der Waals surface area contributed by atoms with Crippen LogP contribution in [0, 0.1) is 6.92 Å². The quantitative estimate of drug-likeness (QED) is 0.689. The minimum absolute atomic E-state index is 0.0564. The molecule has 166 valence electrons. The smallest absolute Gasteiger partial charge is 0.258 e. The van der Waals surface area contributed by atoms with Crippen molar-refractivity contribution in [3.8, 4) is 5.75 Å². The average Bonchev–Trinajstić information content (AvgIpc) is 2.76. The zero-order valence-corrected chi connectivity index (χ0v) is 18.9. The van der Waals surface area contributed by atoms with Crippen LogP contribution in [-0.2, 0) is 14.9 Å². The molecule has 0 aromatic heterocycles. The van der Waals surface area contributed by atoms with Crippen molar-refractivity contribution in [3.05, 3.63) is 59.2 Å². The van der Waals surface area contributed by atoms with Gasteiger partial charge in [-0.25, -0.2) is 0 Å². The Hall–Kier alpha value is -2.86. The Labute approximate surface area is 184 Å². The third-order valence-corrected chi connectivity index (χ3v) is 5.31. The molecule has 2 aromatic rings. The molecule has 1 saturated heterocycles. The Bertz CT molecular complexity index is 910. The van der Waals surface area contributed by atoms with Crippen molar-refractivity contribution in [3.63, 3.8) is 0 Å². The van der Waals surface area contributed by atoms with E-state index >= 15 is 0 Å². The van der Waals surface area contributed by atoms with E-state index in [2.05, 4.69) is 37.1 Å². The molecule has 0 atom stereocenters. The lowest BCUT2D eigenvalue weighted by Crippen LogP contribution is -2.36. The first kappa shape index (κ1) is 22.8. The lowest BCUT2D eigenvalue weighted by atomic mass is 9.85. The highest BCUT2D eigenvalue weighted by molar-refractivity contribution is 5.99.